The van der Waals surface area contributed by atoms with Gasteiger partial charge in [0.15, 0.2) is 0 Å². The minimum absolute atomic E-state index is 0.0249. The first-order chi connectivity index (χ1) is 11.1. The molecule has 0 spiro atoms. The first-order valence-electron chi connectivity index (χ1n) is 8.55. The largest absolute Gasteiger partial charge is 0.372 e. The molecule has 1 aromatic rings. The maximum atomic E-state index is 12.1. The summed E-state index contributed by atoms with van der Waals surface area (Å²) in [5.41, 5.74) is 2.00. The first kappa shape index (κ1) is 15.8. The van der Waals surface area contributed by atoms with Crippen molar-refractivity contribution in [3.63, 3.8) is 0 Å². The molecule has 5 nitrogen and oxygen atoms in total. The Morgan fingerprint density at radius 3 is 2.35 bits per heavy atom. The fourth-order valence-electron chi connectivity index (χ4n) is 3.15. The Hall–Kier alpha value is -2.04. The lowest BCUT2D eigenvalue weighted by atomic mass is 10.1. The topological polar surface area (TPSA) is 52.7 Å². The number of hydrogen-bond donors (Lipinski definition) is 1. The Labute approximate surface area is 137 Å². The fraction of sp³-hybridized carbons (Fsp3) is 0.556. The van der Waals surface area contributed by atoms with E-state index in [1.807, 2.05) is 12.1 Å². The van der Waals surface area contributed by atoms with E-state index in [0.717, 1.165) is 31.6 Å². The maximum absolute atomic E-state index is 12.1. The number of hydrogen-bond acceptors (Lipinski definition) is 3. The smallest absolute Gasteiger partial charge is 0.244 e. The summed E-state index contributed by atoms with van der Waals surface area (Å²) in [5, 5.41) is 2.89. The summed E-state index contributed by atoms with van der Waals surface area (Å²) in [6.07, 6.45) is 5.84. The molecule has 1 aliphatic carbocycles. The Morgan fingerprint density at radius 1 is 1.13 bits per heavy atom. The van der Waals surface area contributed by atoms with Crippen LogP contribution >= 0.6 is 0 Å². The lowest BCUT2D eigenvalue weighted by molar-refractivity contribution is -0.133. The van der Waals surface area contributed by atoms with Crippen LogP contribution in [0.4, 0.5) is 11.4 Å². The molecule has 1 saturated heterocycles. The molecule has 0 aromatic heterocycles. The highest BCUT2D eigenvalue weighted by Crippen LogP contribution is 2.27. The molecule has 2 amide bonds. The third-order valence-electron chi connectivity index (χ3n) is 4.58. The van der Waals surface area contributed by atoms with Crippen molar-refractivity contribution in [1.29, 1.82) is 0 Å². The summed E-state index contributed by atoms with van der Waals surface area (Å²) in [6.45, 7) is 3.90. The van der Waals surface area contributed by atoms with Gasteiger partial charge in [0, 0.05) is 37.4 Å². The van der Waals surface area contributed by atoms with E-state index in [0.29, 0.717) is 0 Å². The number of anilines is 2. The minimum atomic E-state index is -0.127. The van der Waals surface area contributed by atoms with Crippen molar-refractivity contribution in [2.24, 2.45) is 0 Å². The quantitative estimate of drug-likeness (QED) is 0.909. The van der Waals surface area contributed by atoms with Gasteiger partial charge in [-0.25, -0.2) is 0 Å². The van der Waals surface area contributed by atoms with Crippen LogP contribution in [0, 0.1) is 0 Å². The molecule has 23 heavy (non-hydrogen) atoms. The number of amides is 2. The molecule has 0 bridgehead atoms. The van der Waals surface area contributed by atoms with Gasteiger partial charge in [0.2, 0.25) is 11.8 Å². The molecule has 0 unspecified atom stereocenters. The van der Waals surface area contributed by atoms with Crippen molar-refractivity contribution in [2.45, 2.75) is 45.1 Å². The average molecular weight is 315 g/mol. The summed E-state index contributed by atoms with van der Waals surface area (Å²) < 4.78 is 0. The molecule has 1 aromatic carbocycles. The molecule has 1 aliphatic heterocycles. The molecule has 5 heteroatoms. The maximum Gasteiger partial charge on any atom is 0.244 e. The van der Waals surface area contributed by atoms with Gasteiger partial charge in [-0.15, -0.1) is 0 Å². The summed E-state index contributed by atoms with van der Waals surface area (Å²) in [7, 11) is 0. The van der Waals surface area contributed by atoms with Crippen LogP contribution in [0.25, 0.3) is 0 Å². The molecule has 2 fully saturated rings. The van der Waals surface area contributed by atoms with Crippen LogP contribution in [0.2, 0.25) is 0 Å². The van der Waals surface area contributed by atoms with E-state index >= 15 is 0 Å². The van der Waals surface area contributed by atoms with Crippen LogP contribution in [0.1, 0.15) is 39.0 Å². The third-order valence-corrected chi connectivity index (χ3v) is 4.58. The molecule has 0 radical (unpaired) electrons. The summed E-state index contributed by atoms with van der Waals surface area (Å²) in [6, 6.07) is 8.27. The zero-order valence-electron chi connectivity index (χ0n) is 13.8. The Morgan fingerprint density at radius 2 is 1.78 bits per heavy atom. The van der Waals surface area contributed by atoms with Crippen LogP contribution in [-0.2, 0) is 9.59 Å². The number of carbonyl (C=O) groups excluding carboxylic acids is 2. The lowest BCUT2D eigenvalue weighted by Crippen LogP contribution is -2.38. The number of nitrogens with one attached hydrogen (secondary N) is 1. The van der Waals surface area contributed by atoms with Gasteiger partial charge in [0.1, 0.15) is 6.54 Å². The van der Waals surface area contributed by atoms with Crippen molar-refractivity contribution in [1.82, 2.24) is 4.90 Å². The summed E-state index contributed by atoms with van der Waals surface area (Å²) >= 11 is 0. The van der Waals surface area contributed by atoms with Crippen LogP contribution in [0.15, 0.2) is 24.3 Å². The van der Waals surface area contributed by atoms with E-state index in [9.17, 15) is 9.59 Å². The Balaban J connectivity index is 1.54. The standard InChI is InChI=1S/C18H25N3O2/c1-14(22)21(17-9-10-17)13-18(23)19-15-5-7-16(8-6-15)20-11-3-2-4-12-20/h5-8,17H,2-4,9-13H2,1H3,(H,19,23). The van der Waals surface area contributed by atoms with E-state index in [-0.39, 0.29) is 24.4 Å². The highest BCUT2D eigenvalue weighted by atomic mass is 16.2. The van der Waals surface area contributed by atoms with Gasteiger partial charge in [-0.05, 0) is 56.4 Å². The molecule has 1 N–H and O–H groups in total. The second kappa shape index (κ2) is 7.02. The molecule has 124 valence electrons. The van der Waals surface area contributed by atoms with E-state index in [4.69, 9.17) is 0 Å². The molecular formula is C18H25N3O2. The van der Waals surface area contributed by atoms with Gasteiger partial charge in [-0.3, -0.25) is 9.59 Å². The summed E-state index contributed by atoms with van der Waals surface area (Å²) in [4.78, 5) is 27.8. The molecular weight excluding hydrogens is 290 g/mol. The second-order valence-electron chi connectivity index (χ2n) is 6.52. The Kier molecular flexibility index (Phi) is 4.84. The van der Waals surface area contributed by atoms with Gasteiger partial charge in [0.05, 0.1) is 0 Å². The van der Waals surface area contributed by atoms with Crippen LogP contribution < -0.4 is 10.2 Å². The van der Waals surface area contributed by atoms with Crippen molar-refractivity contribution < 1.29 is 9.59 Å². The second-order valence-corrected chi connectivity index (χ2v) is 6.52. The predicted molar refractivity (Wildman–Crippen MR) is 91.5 cm³/mol. The summed E-state index contributed by atoms with van der Waals surface area (Å²) in [5.74, 6) is -0.152. The molecule has 0 atom stereocenters. The zero-order chi connectivity index (χ0) is 16.2. The van der Waals surface area contributed by atoms with E-state index in [1.165, 1.54) is 31.9 Å². The molecule has 2 aliphatic rings. The average Bonchev–Trinajstić information content (AvgIpc) is 3.39. The normalized spacial score (nSPS) is 17.7. The van der Waals surface area contributed by atoms with Gasteiger partial charge < -0.3 is 15.1 Å². The number of benzene rings is 1. The van der Waals surface area contributed by atoms with Crippen LogP contribution in [0.3, 0.4) is 0 Å². The molecule has 3 rings (SSSR count). The minimum Gasteiger partial charge on any atom is -0.372 e. The third kappa shape index (κ3) is 4.24. The van der Waals surface area contributed by atoms with Crippen molar-refractivity contribution in [3.05, 3.63) is 24.3 Å². The van der Waals surface area contributed by atoms with E-state index in [1.54, 1.807) is 4.90 Å². The number of carbonyl (C=O) groups is 2. The monoisotopic (exact) mass is 315 g/mol. The van der Waals surface area contributed by atoms with Gasteiger partial charge >= 0.3 is 0 Å². The molecule has 1 heterocycles. The zero-order valence-corrected chi connectivity index (χ0v) is 13.8. The lowest BCUT2D eigenvalue weighted by Gasteiger charge is -2.28. The van der Waals surface area contributed by atoms with Crippen molar-refractivity contribution >= 4 is 23.2 Å². The van der Waals surface area contributed by atoms with Gasteiger partial charge in [-0.1, -0.05) is 0 Å². The number of rotatable bonds is 5. The predicted octanol–water partition coefficient (Wildman–Crippen LogP) is 2.63. The first-order valence-corrected chi connectivity index (χ1v) is 8.55. The highest BCUT2D eigenvalue weighted by molar-refractivity contribution is 5.94. The number of piperidine rings is 1. The van der Waals surface area contributed by atoms with Gasteiger partial charge in [-0.2, -0.15) is 0 Å². The SMILES string of the molecule is CC(=O)N(CC(=O)Nc1ccc(N2CCCCC2)cc1)C1CC1. The Bertz CT molecular complexity index is 560. The van der Waals surface area contributed by atoms with Crippen LogP contribution in [0.5, 0.6) is 0 Å². The molecule has 1 saturated carbocycles. The highest BCUT2D eigenvalue weighted by Gasteiger charge is 2.32. The van der Waals surface area contributed by atoms with Gasteiger partial charge in [0.25, 0.3) is 0 Å². The number of nitrogens with zero attached hydrogens (tertiary/aromatic N) is 2. The van der Waals surface area contributed by atoms with E-state index in [2.05, 4.69) is 22.3 Å². The van der Waals surface area contributed by atoms with Crippen LogP contribution in [-0.4, -0.2) is 42.4 Å². The fourth-order valence-corrected chi connectivity index (χ4v) is 3.15. The van der Waals surface area contributed by atoms with Crippen molar-refractivity contribution in [2.75, 3.05) is 29.9 Å². The van der Waals surface area contributed by atoms with E-state index < -0.39 is 0 Å². The van der Waals surface area contributed by atoms with Crippen molar-refractivity contribution in [3.8, 4) is 0 Å².